The van der Waals surface area contributed by atoms with Crippen LogP contribution in [0.3, 0.4) is 0 Å². The minimum atomic E-state index is -0.135. The number of nitrogens with zero attached hydrogens (tertiary/aromatic N) is 1. The summed E-state index contributed by atoms with van der Waals surface area (Å²) in [4.78, 5) is 2.51. The lowest BCUT2D eigenvalue weighted by Gasteiger charge is -2.32. The van der Waals surface area contributed by atoms with Crippen molar-refractivity contribution in [2.75, 3.05) is 26.2 Å². The van der Waals surface area contributed by atoms with E-state index in [4.69, 9.17) is 0 Å². The molecule has 1 aliphatic heterocycles. The van der Waals surface area contributed by atoms with Crippen molar-refractivity contribution in [3.8, 4) is 0 Å². The van der Waals surface area contributed by atoms with Crippen LogP contribution in [0.25, 0.3) is 0 Å². The third kappa shape index (κ3) is 2.93. The molecular weight excluding hydrogens is 222 g/mol. The van der Waals surface area contributed by atoms with E-state index in [1.54, 1.807) is 0 Å². The van der Waals surface area contributed by atoms with Crippen molar-refractivity contribution in [1.82, 2.24) is 4.90 Å². The van der Waals surface area contributed by atoms with Crippen LogP contribution < -0.4 is 0 Å². The summed E-state index contributed by atoms with van der Waals surface area (Å²) in [6.45, 7) is 7.99. The molecule has 1 N–H and O–H groups in total. The molecule has 1 aliphatic rings. The molecule has 0 amide bonds. The van der Waals surface area contributed by atoms with E-state index >= 15 is 0 Å². The Bertz CT molecular complexity index is 365. The predicted molar refractivity (Wildman–Crippen MR) is 75.7 cm³/mol. The van der Waals surface area contributed by atoms with E-state index in [9.17, 15) is 5.11 Å². The third-order valence-corrected chi connectivity index (χ3v) is 4.34. The number of hydrogen-bond donors (Lipinski definition) is 1. The number of aliphatic hydroxyl groups is 1. The zero-order valence-electron chi connectivity index (χ0n) is 11.6. The fraction of sp³-hybridized carbons (Fsp3) is 0.625. The van der Waals surface area contributed by atoms with Crippen molar-refractivity contribution in [3.05, 3.63) is 35.9 Å². The van der Waals surface area contributed by atoms with Crippen LogP contribution in [0, 0.1) is 5.92 Å². The molecule has 2 rings (SSSR count). The Morgan fingerprint density at radius 3 is 2.61 bits per heavy atom. The second kappa shape index (κ2) is 5.85. The minimum Gasteiger partial charge on any atom is -0.395 e. The zero-order chi connectivity index (χ0) is 13.0. The molecule has 0 bridgehead atoms. The highest BCUT2D eigenvalue weighted by Crippen LogP contribution is 2.28. The first-order valence-electron chi connectivity index (χ1n) is 7.06. The molecule has 2 nitrogen and oxygen atoms in total. The lowest BCUT2D eigenvalue weighted by Crippen LogP contribution is -2.40. The van der Waals surface area contributed by atoms with Gasteiger partial charge >= 0.3 is 0 Å². The van der Waals surface area contributed by atoms with E-state index in [2.05, 4.69) is 43.0 Å². The van der Waals surface area contributed by atoms with Gasteiger partial charge in [-0.2, -0.15) is 0 Å². The monoisotopic (exact) mass is 247 g/mol. The Morgan fingerprint density at radius 2 is 2.06 bits per heavy atom. The molecule has 18 heavy (non-hydrogen) atoms. The van der Waals surface area contributed by atoms with Crippen molar-refractivity contribution in [3.63, 3.8) is 0 Å². The van der Waals surface area contributed by atoms with Gasteiger partial charge in [-0.05, 0) is 24.4 Å². The summed E-state index contributed by atoms with van der Waals surface area (Å²) in [7, 11) is 0. The van der Waals surface area contributed by atoms with Crippen LogP contribution in [0.5, 0.6) is 0 Å². The predicted octanol–water partition coefficient (Wildman–Crippen LogP) is 2.67. The minimum absolute atomic E-state index is 0.135. The van der Waals surface area contributed by atoms with E-state index < -0.39 is 0 Å². The number of aliphatic hydroxyl groups excluding tert-OH is 1. The molecule has 0 aromatic heterocycles. The van der Waals surface area contributed by atoms with Crippen LogP contribution in [0.15, 0.2) is 30.3 Å². The van der Waals surface area contributed by atoms with Crippen LogP contribution in [0.1, 0.15) is 32.3 Å². The SMILES string of the molecule is CCC1CCN(CC(C)(CO)c2ccccc2)C1. The molecule has 0 saturated carbocycles. The van der Waals surface area contributed by atoms with E-state index in [-0.39, 0.29) is 12.0 Å². The second-order valence-corrected chi connectivity index (χ2v) is 5.88. The Hall–Kier alpha value is -0.860. The van der Waals surface area contributed by atoms with E-state index in [0.29, 0.717) is 0 Å². The van der Waals surface area contributed by atoms with Gasteiger partial charge in [0, 0.05) is 18.5 Å². The quantitative estimate of drug-likeness (QED) is 0.864. The van der Waals surface area contributed by atoms with Gasteiger partial charge in [0.2, 0.25) is 0 Å². The third-order valence-electron chi connectivity index (χ3n) is 4.34. The van der Waals surface area contributed by atoms with Gasteiger partial charge < -0.3 is 10.0 Å². The van der Waals surface area contributed by atoms with Crippen LogP contribution >= 0.6 is 0 Å². The standard InChI is InChI=1S/C16H25NO/c1-3-14-9-10-17(11-14)12-16(2,13-18)15-7-5-4-6-8-15/h4-8,14,18H,3,9-13H2,1-2H3. The van der Waals surface area contributed by atoms with Crippen LogP contribution in [-0.2, 0) is 5.41 Å². The van der Waals surface area contributed by atoms with Crippen molar-refractivity contribution in [2.24, 2.45) is 5.92 Å². The summed E-state index contributed by atoms with van der Waals surface area (Å²) in [6, 6.07) is 10.4. The number of rotatable bonds is 5. The number of benzene rings is 1. The van der Waals surface area contributed by atoms with Gasteiger partial charge in [-0.25, -0.2) is 0 Å². The van der Waals surface area contributed by atoms with Gasteiger partial charge in [0.05, 0.1) is 6.61 Å². The molecule has 1 fully saturated rings. The summed E-state index contributed by atoms with van der Waals surface area (Å²) in [5.41, 5.74) is 1.11. The maximum absolute atomic E-state index is 9.80. The van der Waals surface area contributed by atoms with Crippen molar-refractivity contribution < 1.29 is 5.11 Å². The van der Waals surface area contributed by atoms with Gasteiger partial charge in [-0.3, -0.25) is 0 Å². The van der Waals surface area contributed by atoms with Gasteiger partial charge in [0.1, 0.15) is 0 Å². The second-order valence-electron chi connectivity index (χ2n) is 5.88. The molecule has 100 valence electrons. The number of likely N-dealkylation sites (tertiary alicyclic amines) is 1. The van der Waals surface area contributed by atoms with Gasteiger partial charge in [0.15, 0.2) is 0 Å². The highest BCUT2D eigenvalue weighted by Gasteiger charge is 2.31. The highest BCUT2D eigenvalue weighted by atomic mass is 16.3. The molecule has 2 heteroatoms. The van der Waals surface area contributed by atoms with Crippen LogP contribution in [0.2, 0.25) is 0 Å². The van der Waals surface area contributed by atoms with E-state index in [0.717, 1.165) is 12.5 Å². The Labute approximate surface area is 111 Å². The molecule has 1 aromatic carbocycles. The van der Waals surface area contributed by atoms with E-state index in [1.807, 2.05) is 6.07 Å². The summed E-state index contributed by atoms with van der Waals surface area (Å²) in [5.74, 6) is 0.851. The average molecular weight is 247 g/mol. The molecule has 2 atom stereocenters. The van der Waals surface area contributed by atoms with Gasteiger partial charge in [-0.15, -0.1) is 0 Å². The first kappa shape index (κ1) is 13.6. The van der Waals surface area contributed by atoms with Gasteiger partial charge in [-0.1, -0.05) is 50.6 Å². The average Bonchev–Trinajstić information content (AvgIpc) is 2.87. The molecule has 0 radical (unpaired) electrons. The lowest BCUT2D eigenvalue weighted by molar-refractivity contribution is 0.156. The molecule has 1 heterocycles. The maximum Gasteiger partial charge on any atom is 0.0537 e. The van der Waals surface area contributed by atoms with Crippen LogP contribution in [-0.4, -0.2) is 36.2 Å². The van der Waals surface area contributed by atoms with Crippen molar-refractivity contribution in [2.45, 2.75) is 32.1 Å². The van der Waals surface area contributed by atoms with Crippen molar-refractivity contribution in [1.29, 1.82) is 0 Å². The topological polar surface area (TPSA) is 23.5 Å². The molecule has 1 aromatic rings. The Balaban J connectivity index is 2.05. The summed E-state index contributed by atoms with van der Waals surface area (Å²) in [6.07, 6.45) is 2.59. The largest absolute Gasteiger partial charge is 0.395 e. The normalized spacial score (nSPS) is 24.1. The van der Waals surface area contributed by atoms with Crippen molar-refractivity contribution >= 4 is 0 Å². The molecule has 1 saturated heterocycles. The molecular formula is C16H25NO. The fourth-order valence-electron chi connectivity index (χ4n) is 2.96. The first-order chi connectivity index (χ1) is 8.68. The maximum atomic E-state index is 9.80. The lowest BCUT2D eigenvalue weighted by atomic mass is 9.83. The molecule has 2 unspecified atom stereocenters. The number of hydrogen-bond acceptors (Lipinski definition) is 2. The fourth-order valence-corrected chi connectivity index (χ4v) is 2.96. The van der Waals surface area contributed by atoms with Gasteiger partial charge in [0.25, 0.3) is 0 Å². The first-order valence-corrected chi connectivity index (χ1v) is 7.06. The molecule has 0 spiro atoms. The molecule has 0 aliphatic carbocycles. The van der Waals surface area contributed by atoms with E-state index in [1.165, 1.54) is 31.5 Å². The zero-order valence-corrected chi connectivity index (χ0v) is 11.6. The van der Waals surface area contributed by atoms with Crippen LogP contribution in [0.4, 0.5) is 0 Å². The Kier molecular flexibility index (Phi) is 4.41. The summed E-state index contributed by atoms with van der Waals surface area (Å²) in [5, 5.41) is 9.80. The Morgan fingerprint density at radius 1 is 1.33 bits per heavy atom. The smallest absolute Gasteiger partial charge is 0.0537 e. The summed E-state index contributed by atoms with van der Waals surface area (Å²) >= 11 is 0. The highest BCUT2D eigenvalue weighted by molar-refractivity contribution is 5.25. The summed E-state index contributed by atoms with van der Waals surface area (Å²) < 4.78 is 0.